The van der Waals surface area contributed by atoms with E-state index in [2.05, 4.69) is 0 Å². The first-order valence-electron chi connectivity index (χ1n) is 5.71. The van der Waals surface area contributed by atoms with Crippen molar-refractivity contribution in [1.82, 2.24) is 0 Å². The molecule has 16 heavy (non-hydrogen) atoms. The minimum Gasteiger partial charge on any atom is -0.392 e. The van der Waals surface area contributed by atoms with Gasteiger partial charge < -0.3 is 10.8 Å². The number of hydrogen-bond donors (Lipinski definition) is 2. The Labute approximate surface area is 94.3 Å². The highest BCUT2D eigenvalue weighted by atomic mass is 16.3. The zero-order chi connectivity index (χ0) is 11.3. The number of benzene rings is 1. The molecule has 2 aliphatic carbocycles. The molecule has 2 aliphatic rings. The summed E-state index contributed by atoms with van der Waals surface area (Å²) < 4.78 is 0. The monoisotopic (exact) mass is 217 g/mol. The molecule has 3 N–H and O–H groups in total. The number of carbonyl (C=O) groups excluding carboxylic acids is 1. The smallest absolute Gasteiger partial charge is 0.224 e. The molecule has 0 saturated heterocycles. The summed E-state index contributed by atoms with van der Waals surface area (Å²) in [4.78, 5) is 11.5. The summed E-state index contributed by atoms with van der Waals surface area (Å²) in [7, 11) is 0. The normalized spacial score (nSPS) is 29.8. The van der Waals surface area contributed by atoms with Crippen LogP contribution in [-0.4, -0.2) is 17.1 Å². The van der Waals surface area contributed by atoms with E-state index in [1.807, 2.05) is 24.3 Å². The van der Waals surface area contributed by atoms with Crippen molar-refractivity contribution < 1.29 is 9.90 Å². The largest absolute Gasteiger partial charge is 0.392 e. The summed E-state index contributed by atoms with van der Waals surface area (Å²) in [6.45, 7) is 0. The predicted octanol–water partition coefficient (Wildman–Crippen LogP) is 0.953. The van der Waals surface area contributed by atoms with Gasteiger partial charge in [0, 0.05) is 5.92 Å². The summed E-state index contributed by atoms with van der Waals surface area (Å²) in [6.07, 6.45) is 1.83. The van der Waals surface area contributed by atoms with Gasteiger partial charge in [-0.15, -0.1) is 0 Å². The highest BCUT2D eigenvalue weighted by Crippen LogP contribution is 2.59. The minimum absolute atomic E-state index is 0.0822. The quantitative estimate of drug-likeness (QED) is 0.774. The third-order valence-electron chi connectivity index (χ3n) is 4.08. The Kier molecular flexibility index (Phi) is 1.89. The second-order valence-corrected chi connectivity index (χ2v) is 4.97. The third-order valence-corrected chi connectivity index (χ3v) is 4.08. The summed E-state index contributed by atoms with van der Waals surface area (Å²) >= 11 is 0. The van der Waals surface area contributed by atoms with Crippen molar-refractivity contribution >= 4 is 5.91 Å². The number of nitrogens with two attached hydrogens (primary N) is 1. The number of rotatable bonds is 2. The van der Waals surface area contributed by atoms with Gasteiger partial charge >= 0.3 is 0 Å². The molecule has 0 bridgehead atoms. The number of amides is 1. The van der Waals surface area contributed by atoms with E-state index < -0.39 is 11.5 Å². The van der Waals surface area contributed by atoms with Crippen LogP contribution in [0.25, 0.3) is 0 Å². The SMILES string of the molecule is NC(=O)C1([C@H]2c3ccccc3C[C@H]2O)CC1. The van der Waals surface area contributed by atoms with E-state index in [4.69, 9.17) is 5.73 Å². The van der Waals surface area contributed by atoms with E-state index in [0.29, 0.717) is 6.42 Å². The number of primary amides is 1. The first-order chi connectivity index (χ1) is 7.65. The molecule has 1 fully saturated rings. The van der Waals surface area contributed by atoms with Gasteiger partial charge in [0.25, 0.3) is 0 Å². The van der Waals surface area contributed by atoms with Crippen LogP contribution < -0.4 is 5.73 Å². The van der Waals surface area contributed by atoms with Gasteiger partial charge in [-0.2, -0.15) is 0 Å². The molecule has 1 amide bonds. The molecule has 0 unspecified atom stereocenters. The summed E-state index contributed by atoms with van der Waals surface area (Å²) in [6, 6.07) is 7.97. The fourth-order valence-electron chi connectivity index (χ4n) is 3.09. The lowest BCUT2D eigenvalue weighted by molar-refractivity contribution is -0.125. The van der Waals surface area contributed by atoms with Gasteiger partial charge in [0.1, 0.15) is 0 Å². The molecule has 84 valence electrons. The van der Waals surface area contributed by atoms with Gasteiger partial charge in [-0.3, -0.25) is 4.79 Å². The van der Waals surface area contributed by atoms with Crippen LogP contribution >= 0.6 is 0 Å². The molecule has 3 nitrogen and oxygen atoms in total. The summed E-state index contributed by atoms with van der Waals surface area (Å²) in [5, 5.41) is 10.1. The second-order valence-electron chi connectivity index (χ2n) is 4.97. The highest BCUT2D eigenvalue weighted by molar-refractivity contribution is 5.85. The van der Waals surface area contributed by atoms with Crippen LogP contribution in [0.15, 0.2) is 24.3 Å². The molecule has 0 aliphatic heterocycles. The average Bonchev–Trinajstić information content (AvgIpc) is 2.97. The molecule has 0 aromatic heterocycles. The lowest BCUT2D eigenvalue weighted by Crippen LogP contribution is -2.34. The molecule has 3 heteroatoms. The molecule has 0 heterocycles. The number of hydrogen-bond acceptors (Lipinski definition) is 2. The third kappa shape index (κ3) is 1.15. The standard InChI is InChI=1S/C13H15NO2/c14-12(16)13(5-6-13)11-9-4-2-1-3-8(9)7-10(11)15/h1-4,10-11,15H,5-7H2,(H2,14,16)/t10-,11+/m1/s1. The second kappa shape index (κ2) is 3.08. The predicted molar refractivity (Wildman–Crippen MR) is 59.8 cm³/mol. The first-order valence-corrected chi connectivity index (χ1v) is 5.71. The Morgan fingerprint density at radius 3 is 2.69 bits per heavy atom. The van der Waals surface area contributed by atoms with Crippen molar-refractivity contribution in [2.45, 2.75) is 31.3 Å². The summed E-state index contributed by atoms with van der Waals surface area (Å²) in [5.74, 6) is -0.338. The fraction of sp³-hybridized carbons (Fsp3) is 0.462. The maximum absolute atomic E-state index is 11.5. The molecular formula is C13H15NO2. The van der Waals surface area contributed by atoms with Gasteiger partial charge in [-0.1, -0.05) is 24.3 Å². The van der Waals surface area contributed by atoms with E-state index in [0.717, 1.165) is 24.0 Å². The van der Waals surface area contributed by atoms with E-state index >= 15 is 0 Å². The lowest BCUT2D eigenvalue weighted by atomic mass is 9.82. The van der Waals surface area contributed by atoms with Crippen LogP contribution in [0.1, 0.15) is 29.9 Å². The van der Waals surface area contributed by atoms with Gasteiger partial charge in [-0.25, -0.2) is 0 Å². The maximum Gasteiger partial charge on any atom is 0.224 e. The Morgan fingerprint density at radius 1 is 1.38 bits per heavy atom. The number of carbonyl (C=O) groups is 1. The number of aliphatic hydroxyl groups excluding tert-OH is 1. The van der Waals surface area contributed by atoms with Crippen molar-refractivity contribution in [3.63, 3.8) is 0 Å². The van der Waals surface area contributed by atoms with Crippen molar-refractivity contribution in [3.05, 3.63) is 35.4 Å². The molecule has 0 spiro atoms. The Bertz CT molecular complexity index is 451. The van der Waals surface area contributed by atoms with Crippen molar-refractivity contribution in [1.29, 1.82) is 0 Å². The molecule has 2 atom stereocenters. The van der Waals surface area contributed by atoms with Gasteiger partial charge in [-0.05, 0) is 30.4 Å². The van der Waals surface area contributed by atoms with Crippen LogP contribution in [-0.2, 0) is 11.2 Å². The topological polar surface area (TPSA) is 63.3 Å². The molecule has 1 aromatic carbocycles. The van der Waals surface area contributed by atoms with Gasteiger partial charge in [0.2, 0.25) is 5.91 Å². The Hall–Kier alpha value is -1.35. The van der Waals surface area contributed by atoms with E-state index in [1.165, 1.54) is 0 Å². The number of aliphatic hydroxyl groups is 1. The van der Waals surface area contributed by atoms with E-state index in [9.17, 15) is 9.90 Å². The highest BCUT2D eigenvalue weighted by Gasteiger charge is 2.58. The lowest BCUT2D eigenvalue weighted by Gasteiger charge is -2.23. The van der Waals surface area contributed by atoms with E-state index in [-0.39, 0.29) is 11.8 Å². The van der Waals surface area contributed by atoms with Crippen molar-refractivity contribution in [2.24, 2.45) is 11.1 Å². The Morgan fingerprint density at radius 2 is 2.06 bits per heavy atom. The number of fused-ring (bicyclic) bond motifs is 1. The van der Waals surface area contributed by atoms with Crippen LogP contribution in [0.5, 0.6) is 0 Å². The summed E-state index contributed by atoms with van der Waals surface area (Å²) in [5.41, 5.74) is 7.29. The zero-order valence-corrected chi connectivity index (χ0v) is 9.02. The van der Waals surface area contributed by atoms with Crippen molar-refractivity contribution in [3.8, 4) is 0 Å². The minimum atomic E-state index is -0.466. The molecule has 1 saturated carbocycles. The van der Waals surface area contributed by atoms with Gasteiger partial charge in [0.05, 0.1) is 11.5 Å². The van der Waals surface area contributed by atoms with Crippen LogP contribution in [0.2, 0.25) is 0 Å². The van der Waals surface area contributed by atoms with E-state index in [1.54, 1.807) is 0 Å². The maximum atomic E-state index is 11.5. The van der Waals surface area contributed by atoms with Crippen LogP contribution in [0, 0.1) is 5.41 Å². The van der Waals surface area contributed by atoms with Crippen LogP contribution in [0.3, 0.4) is 0 Å². The molecule has 1 aromatic rings. The fourth-order valence-corrected chi connectivity index (χ4v) is 3.09. The average molecular weight is 217 g/mol. The first kappa shape index (κ1) is 9.85. The van der Waals surface area contributed by atoms with Gasteiger partial charge in [0.15, 0.2) is 0 Å². The van der Waals surface area contributed by atoms with Crippen molar-refractivity contribution in [2.75, 3.05) is 0 Å². The molecular weight excluding hydrogens is 202 g/mol. The van der Waals surface area contributed by atoms with Crippen LogP contribution in [0.4, 0.5) is 0 Å². The molecule has 3 rings (SSSR count). The molecule has 0 radical (unpaired) electrons. The zero-order valence-electron chi connectivity index (χ0n) is 9.02. The Balaban J connectivity index is 2.06.